The third-order valence-corrected chi connectivity index (χ3v) is 3.26. The van der Waals surface area contributed by atoms with Crippen molar-refractivity contribution in [2.75, 3.05) is 6.54 Å². The molecule has 2 unspecified atom stereocenters. The number of benzene rings is 1. The van der Waals surface area contributed by atoms with Gasteiger partial charge < -0.3 is 10.2 Å². The third kappa shape index (κ3) is 2.79. The summed E-state index contributed by atoms with van der Waals surface area (Å²) >= 11 is 5.52. The molecule has 5 heteroatoms. The van der Waals surface area contributed by atoms with E-state index >= 15 is 0 Å². The second-order valence-electron chi connectivity index (χ2n) is 4.40. The predicted molar refractivity (Wildman–Crippen MR) is 73.5 cm³/mol. The first-order chi connectivity index (χ1) is 9.15. The van der Waals surface area contributed by atoms with Gasteiger partial charge in [0, 0.05) is 12.1 Å². The number of carbonyl (C=O) groups excluding carboxylic acids is 2. The van der Waals surface area contributed by atoms with E-state index < -0.39 is 12.1 Å². The van der Waals surface area contributed by atoms with Crippen molar-refractivity contribution >= 4 is 23.4 Å². The Morgan fingerprint density at radius 2 is 2.00 bits per heavy atom. The van der Waals surface area contributed by atoms with E-state index in [4.69, 9.17) is 11.6 Å². The molecule has 100 valence electrons. The summed E-state index contributed by atoms with van der Waals surface area (Å²) in [5, 5.41) is 2.70. The number of piperazine rings is 1. The SMILES string of the molecule is CC1NC(=O)C(c2ccccc2)N(C/C=C/Cl)C1=O. The van der Waals surface area contributed by atoms with Crippen LogP contribution in [0.25, 0.3) is 0 Å². The monoisotopic (exact) mass is 278 g/mol. The molecule has 1 N–H and O–H groups in total. The molecule has 0 bridgehead atoms. The zero-order valence-electron chi connectivity index (χ0n) is 10.5. The lowest BCUT2D eigenvalue weighted by atomic mass is 10.00. The summed E-state index contributed by atoms with van der Waals surface area (Å²) in [5.74, 6) is -0.274. The van der Waals surface area contributed by atoms with Crippen LogP contribution in [0.1, 0.15) is 18.5 Å². The zero-order chi connectivity index (χ0) is 13.8. The molecular weight excluding hydrogens is 264 g/mol. The minimum absolute atomic E-state index is 0.108. The van der Waals surface area contributed by atoms with Gasteiger partial charge in [-0.3, -0.25) is 9.59 Å². The van der Waals surface area contributed by atoms with Gasteiger partial charge in [-0.05, 0) is 12.5 Å². The van der Waals surface area contributed by atoms with E-state index in [1.54, 1.807) is 13.0 Å². The highest BCUT2D eigenvalue weighted by atomic mass is 35.5. The molecule has 1 heterocycles. The standard InChI is InChI=1S/C14H15ClN2O2/c1-10-14(19)17(9-5-8-15)12(13(18)16-10)11-6-3-2-4-7-11/h2-8,10,12H,9H2,1H3,(H,16,18)/b8-5+. The fraction of sp³-hybridized carbons (Fsp3) is 0.286. The second-order valence-corrected chi connectivity index (χ2v) is 4.65. The van der Waals surface area contributed by atoms with Gasteiger partial charge in [0.05, 0.1) is 0 Å². The lowest BCUT2D eigenvalue weighted by Crippen LogP contribution is -2.58. The van der Waals surface area contributed by atoms with Gasteiger partial charge in [0.2, 0.25) is 11.8 Å². The van der Waals surface area contributed by atoms with E-state index in [2.05, 4.69) is 5.32 Å². The van der Waals surface area contributed by atoms with Gasteiger partial charge in [0.25, 0.3) is 0 Å². The molecule has 2 amide bonds. The highest BCUT2D eigenvalue weighted by molar-refractivity contribution is 6.25. The molecule has 0 aromatic heterocycles. The molecule has 1 saturated heterocycles. The Hall–Kier alpha value is -1.81. The van der Waals surface area contributed by atoms with E-state index in [0.29, 0.717) is 6.54 Å². The number of amides is 2. The van der Waals surface area contributed by atoms with Crippen molar-refractivity contribution < 1.29 is 9.59 Å². The van der Waals surface area contributed by atoms with E-state index in [1.165, 1.54) is 10.4 Å². The van der Waals surface area contributed by atoms with Crippen molar-refractivity contribution in [2.45, 2.75) is 19.0 Å². The predicted octanol–water partition coefficient (Wildman–Crippen LogP) is 1.83. The van der Waals surface area contributed by atoms with Gasteiger partial charge in [-0.2, -0.15) is 0 Å². The van der Waals surface area contributed by atoms with E-state index in [9.17, 15) is 9.59 Å². The van der Waals surface area contributed by atoms with Gasteiger partial charge in [-0.1, -0.05) is 48.0 Å². The maximum atomic E-state index is 12.2. The first kappa shape index (κ1) is 13.6. The lowest BCUT2D eigenvalue weighted by Gasteiger charge is -2.37. The van der Waals surface area contributed by atoms with E-state index in [-0.39, 0.29) is 11.8 Å². The molecule has 0 aliphatic carbocycles. The van der Waals surface area contributed by atoms with Gasteiger partial charge in [0.1, 0.15) is 12.1 Å². The van der Waals surface area contributed by atoms with Crippen LogP contribution in [0.15, 0.2) is 41.9 Å². The molecule has 1 aromatic carbocycles. The van der Waals surface area contributed by atoms with Crippen LogP contribution < -0.4 is 5.32 Å². The number of hydrogen-bond acceptors (Lipinski definition) is 2. The van der Waals surface area contributed by atoms with Crippen molar-refractivity contribution in [1.29, 1.82) is 0 Å². The minimum Gasteiger partial charge on any atom is -0.342 e. The average molecular weight is 279 g/mol. The number of carbonyl (C=O) groups is 2. The molecule has 4 nitrogen and oxygen atoms in total. The molecule has 1 aliphatic heterocycles. The molecule has 1 aliphatic rings. The fourth-order valence-corrected chi connectivity index (χ4v) is 2.27. The molecule has 1 aromatic rings. The Labute approximate surface area is 117 Å². The fourth-order valence-electron chi connectivity index (χ4n) is 2.19. The van der Waals surface area contributed by atoms with Crippen molar-refractivity contribution in [3.05, 3.63) is 47.5 Å². The Kier molecular flexibility index (Phi) is 4.22. The Morgan fingerprint density at radius 1 is 1.32 bits per heavy atom. The molecule has 1 fully saturated rings. The maximum absolute atomic E-state index is 12.2. The summed E-state index contributed by atoms with van der Waals surface area (Å²) in [4.78, 5) is 25.9. The quantitative estimate of drug-likeness (QED) is 0.917. The number of halogens is 1. The number of nitrogens with zero attached hydrogens (tertiary/aromatic N) is 1. The van der Waals surface area contributed by atoms with Crippen LogP contribution in [-0.4, -0.2) is 29.3 Å². The topological polar surface area (TPSA) is 49.4 Å². The molecule has 2 atom stereocenters. The number of hydrogen-bond donors (Lipinski definition) is 1. The van der Waals surface area contributed by atoms with Crippen molar-refractivity contribution in [3.8, 4) is 0 Å². The van der Waals surface area contributed by atoms with Crippen LogP contribution in [-0.2, 0) is 9.59 Å². The Morgan fingerprint density at radius 3 is 2.63 bits per heavy atom. The molecule has 0 radical (unpaired) electrons. The zero-order valence-corrected chi connectivity index (χ0v) is 11.3. The van der Waals surface area contributed by atoms with Crippen molar-refractivity contribution in [3.63, 3.8) is 0 Å². The molecule has 0 saturated carbocycles. The summed E-state index contributed by atoms with van der Waals surface area (Å²) < 4.78 is 0. The summed E-state index contributed by atoms with van der Waals surface area (Å²) in [6.45, 7) is 2.00. The van der Waals surface area contributed by atoms with Gasteiger partial charge in [0.15, 0.2) is 0 Å². The van der Waals surface area contributed by atoms with Crippen molar-refractivity contribution in [2.24, 2.45) is 0 Å². The minimum atomic E-state index is -0.599. The molecule has 0 spiro atoms. The highest BCUT2D eigenvalue weighted by Crippen LogP contribution is 2.25. The number of nitrogens with one attached hydrogen (secondary N) is 1. The highest BCUT2D eigenvalue weighted by Gasteiger charge is 2.38. The van der Waals surface area contributed by atoms with Crippen LogP contribution in [0.4, 0.5) is 0 Å². The lowest BCUT2D eigenvalue weighted by molar-refractivity contribution is -0.148. The van der Waals surface area contributed by atoms with Crippen molar-refractivity contribution in [1.82, 2.24) is 10.2 Å². The molecular formula is C14H15ClN2O2. The van der Waals surface area contributed by atoms with Gasteiger partial charge in [-0.15, -0.1) is 0 Å². The van der Waals surface area contributed by atoms with Crippen LogP contribution >= 0.6 is 11.6 Å². The molecule has 19 heavy (non-hydrogen) atoms. The van der Waals surface area contributed by atoms with Crippen LogP contribution in [0, 0.1) is 0 Å². The summed E-state index contributed by atoms with van der Waals surface area (Å²) in [5.41, 5.74) is 2.15. The molecule has 2 rings (SSSR count). The largest absolute Gasteiger partial charge is 0.342 e. The Bertz CT molecular complexity index is 501. The summed E-state index contributed by atoms with van der Waals surface area (Å²) in [6.07, 6.45) is 1.65. The second kappa shape index (κ2) is 5.89. The summed E-state index contributed by atoms with van der Waals surface area (Å²) in [6, 6.07) is 8.14. The summed E-state index contributed by atoms with van der Waals surface area (Å²) in [7, 11) is 0. The maximum Gasteiger partial charge on any atom is 0.248 e. The third-order valence-electron chi connectivity index (χ3n) is 3.08. The van der Waals surface area contributed by atoms with Crippen LogP contribution in [0.3, 0.4) is 0 Å². The van der Waals surface area contributed by atoms with E-state index in [0.717, 1.165) is 5.56 Å². The average Bonchev–Trinajstić information content (AvgIpc) is 2.42. The van der Waals surface area contributed by atoms with Crippen LogP contribution in [0.2, 0.25) is 0 Å². The smallest absolute Gasteiger partial charge is 0.248 e. The van der Waals surface area contributed by atoms with Gasteiger partial charge in [-0.25, -0.2) is 0 Å². The Balaban J connectivity index is 2.35. The normalized spacial score (nSPS) is 23.8. The van der Waals surface area contributed by atoms with Gasteiger partial charge >= 0.3 is 0 Å². The first-order valence-electron chi connectivity index (χ1n) is 6.06. The number of rotatable bonds is 3. The first-order valence-corrected chi connectivity index (χ1v) is 6.50. The van der Waals surface area contributed by atoms with Crippen LogP contribution in [0.5, 0.6) is 0 Å². The van der Waals surface area contributed by atoms with E-state index in [1.807, 2.05) is 30.3 Å².